The Balaban J connectivity index is 1.41. The first-order chi connectivity index (χ1) is 22.3. The summed E-state index contributed by atoms with van der Waals surface area (Å²) in [5.41, 5.74) is 2.33. The number of rotatable bonds is 5. The van der Waals surface area contributed by atoms with E-state index in [1.54, 1.807) is 23.9 Å². The number of fused-ring (bicyclic) bond motifs is 5. The van der Waals surface area contributed by atoms with Gasteiger partial charge in [0.1, 0.15) is 34.3 Å². The van der Waals surface area contributed by atoms with Crippen LogP contribution in [0.2, 0.25) is 0 Å². The first-order valence-electron chi connectivity index (χ1n) is 16.2. The first-order valence-corrected chi connectivity index (χ1v) is 16.2. The van der Waals surface area contributed by atoms with Crippen LogP contribution < -0.4 is 4.90 Å². The van der Waals surface area contributed by atoms with Gasteiger partial charge in [0.05, 0.1) is 17.5 Å². The Morgan fingerprint density at radius 1 is 1.00 bits per heavy atom. The summed E-state index contributed by atoms with van der Waals surface area (Å²) >= 11 is 0. The van der Waals surface area contributed by atoms with Gasteiger partial charge in [-0.3, -0.25) is 9.58 Å². The van der Waals surface area contributed by atoms with E-state index in [-0.39, 0.29) is 34.6 Å². The summed E-state index contributed by atoms with van der Waals surface area (Å²) in [6.45, 7) is 4.76. The number of anilines is 1. The number of aromatic nitrogens is 4. The van der Waals surface area contributed by atoms with Gasteiger partial charge in [-0.15, -0.1) is 6.42 Å². The molecule has 46 heavy (non-hydrogen) atoms. The van der Waals surface area contributed by atoms with Gasteiger partial charge in [-0.25, -0.2) is 23.1 Å². The van der Waals surface area contributed by atoms with Crippen LogP contribution in [0.25, 0.3) is 43.7 Å². The topological polar surface area (TPSA) is 50.1 Å². The molecule has 2 saturated heterocycles. The second-order valence-corrected chi connectivity index (χ2v) is 13.2. The van der Waals surface area contributed by atoms with Crippen LogP contribution >= 0.6 is 0 Å². The van der Waals surface area contributed by atoms with Gasteiger partial charge in [-0.2, -0.15) is 5.10 Å². The monoisotopic (exact) mass is 620 g/mol. The number of nitrogens with zero attached hydrogens (tertiary/aromatic N) is 6. The number of aryl methyl sites for hydroxylation is 3. The highest BCUT2D eigenvalue weighted by Crippen LogP contribution is 2.45. The van der Waals surface area contributed by atoms with E-state index in [1.807, 2.05) is 30.2 Å². The normalized spacial score (nSPS) is 18.1. The zero-order chi connectivity index (χ0) is 31.7. The number of hydrogen-bond acceptors (Lipinski definition) is 5. The lowest BCUT2D eigenvalue weighted by Crippen LogP contribution is -2.38. The zero-order valence-corrected chi connectivity index (χ0v) is 26.1. The lowest BCUT2D eigenvalue weighted by molar-refractivity contribution is 0.182. The van der Waals surface area contributed by atoms with Crippen molar-refractivity contribution >= 4 is 38.4 Å². The fourth-order valence-electron chi connectivity index (χ4n) is 8.36. The van der Waals surface area contributed by atoms with Gasteiger partial charge in [0.2, 0.25) is 0 Å². The van der Waals surface area contributed by atoms with Crippen molar-refractivity contribution in [3.05, 3.63) is 71.0 Å². The quantitative estimate of drug-likeness (QED) is 0.190. The second kappa shape index (κ2) is 10.8. The SMILES string of the molecule is C#Cc1c(F)ccc2cc(C)cc(-c3c(F)c4nc(CCC56CCCN5CCC6)nc(N5CCC=C(F)C5)c4c4cn(C)nc34)c12. The van der Waals surface area contributed by atoms with Crippen LogP contribution in [0, 0.1) is 30.9 Å². The number of terminal acetylenes is 1. The van der Waals surface area contributed by atoms with E-state index in [1.165, 1.54) is 18.9 Å². The molecule has 0 spiro atoms. The molecular weight excluding hydrogens is 585 g/mol. The Bertz CT molecular complexity index is 2130. The predicted octanol–water partition coefficient (Wildman–Crippen LogP) is 7.53. The molecule has 0 bridgehead atoms. The van der Waals surface area contributed by atoms with Gasteiger partial charge in [0.25, 0.3) is 0 Å². The van der Waals surface area contributed by atoms with Crippen molar-refractivity contribution in [3.63, 3.8) is 0 Å². The highest BCUT2D eigenvalue weighted by Gasteiger charge is 2.43. The summed E-state index contributed by atoms with van der Waals surface area (Å²) in [6, 6.07) is 6.77. The maximum absolute atomic E-state index is 17.5. The van der Waals surface area contributed by atoms with Crippen LogP contribution in [-0.2, 0) is 13.5 Å². The first kappa shape index (κ1) is 29.0. The van der Waals surface area contributed by atoms with Gasteiger partial charge in [-0.05, 0) is 87.2 Å². The van der Waals surface area contributed by atoms with Gasteiger partial charge >= 0.3 is 0 Å². The van der Waals surface area contributed by atoms with E-state index >= 15 is 8.78 Å². The van der Waals surface area contributed by atoms with Gasteiger partial charge < -0.3 is 4.90 Å². The molecule has 9 heteroatoms. The van der Waals surface area contributed by atoms with E-state index in [9.17, 15) is 4.39 Å². The van der Waals surface area contributed by atoms with Crippen LogP contribution in [0.5, 0.6) is 0 Å². The highest BCUT2D eigenvalue weighted by atomic mass is 19.1. The Kier molecular flexibility index (Phi) is 6.84. The summed E-state index contributed by atoms with van der Waals surface area (Å²) < 4.78 is 48.9. The molecular formula is C37H35F3N6. The van der Waals surface area contributed by atoms with Crippen LogP contribution in [0.15, 0.2) is 42.4 Å². The molecule has 0 aliphatic carbocycles. The summed E-state index contributed by atoms with van der Waals surface area (Å²) in [6.07, 6.45) is 15.9. The number of halogens is 3. The third kappa shape index (κ3) is 4.49. The van der Waals surface area contributed by atoms with Crippen molar-refractivity contribution in [1.82, 2.24) is 24.6 Å². The molecule has 234 valence electrons. The minimum Gasteiger partial charge on any atom is -0.349 e. The molecule has 8 rings (SSSR count). The highest BCUT2D eigenvalue weighted by molar-refractivity contribution is 6.18. The Morgan fingerprint density at radius 3 is 2.57 bits per heavy atom. The minimum atomic E-state index is -0.570. The molecule has 0 atom stereocenters. The molecule has 0 saturated carbocycles. The van der Waals surface area contributed by atoms with Gasteiger partial charge in [-0.1, -0.05) is 24.1 Å². The van der Waals surface area contributed by atoms with E-state index in [2.05, 4.69) is 10.8 Å². The molecule has 3 aromatic carbocycles. The van der Waals surface area contributed by atoms with Gasteiger partial charge in [0, 0.05) is 48.1 Å². The van der Waals surface area contributed by atoms with Crippen molar-refractivity contribution in [1.29, 1.82) is 0 Å². The lowest BCUT2D eigenvalue weighted by atomic mass is 9.88. The van der Waals surface area contributed by atoms with Crippen molar-refractivity contribution in [2.24, 2.45) is 7.05 Å². The lowest BCUT2D eigenvalue weighted by Gasteiger charge is -2.32. The molecule has 0 amide bonds. The molecule has 3 aliphatic heterocycles. The van der Waals surface area contributed by atoms with Crippen LogP contribution in [0.3, 0.4) is 0 Å². The molecule has 6 nitrogen and oxygen atoms in total. The standard InChI is InChI=1S/C37H35F3N6/c1-4-25-28(39)10-9-23-18-22(2)19-26(30(23)25)31-33(40)35-32(27-21-44(3)43-34(27)31)36(45-15-5-8-24(38)20-45)42-29(41-35)11-14-37-12-6-16-46(37)17-7-13-37/h1,8-10,18-19,21H,5-7,11-17,20H2,2-3H3. The van der Waals surface area contributed by atoms with Crippen molar-refractivity contribution in [2.75, 3.05) is 31.1 Å². The smallest absolute Gasteiger partial charge is 0.159 e. The van der Waals surface area contributed by atoms with Crippen molar-refractivity contribution < 1.29 is 13.2 Å². The maximum atomic E-state index is 17.5. The fraction of sp³-hybridized carbons (Fsp3) is 0.378. The molecule has 2 fully saturated rings. The molecule has 2 aromatic heterocycles. The molecule has 0 N–H and O–H groups in total. The summed E-state index contributed by atoms with van der Waals surface area (Å²) in [5, 5.41) is 7.05. The molecule has 3 aliphatic rings. The van der Waals surface area contributed by atoms with Crippen LogP contribution in [0.1, 0.15) is 55.5 Å². The van der Waals surface area contributed by atoms with Crippen molar-refractivity contribution in [2.45, 2.75) is 57.4 Å². The second-order valence-electron chi connectivity index (χ2n) is 13.2. The Labute approximate surface area is 265 Å². The molecule has 5 aromatic rings. The third-order valence-electron chi connectivity index (χ3n) is 10.4. The van der Waals surface area contributed by atoms with Gasteiger partial charge in [0.15, 0.2) is 5.82 Å². The summed E-state index contributed by atoms with van der Waals surface area (Å²) in [7, 11) is 1.78. The van der Waals surface area contributed by atoms with E-state index < -0.39 is 11.6 Å². The number of benzene rings is 3. The molecule has 0 unspecified atom stereocenters. The van der Waals surface area contributed by atoms with Crippen molar-refractivity contribution in [3.8, 4) is 23.5 Å². The van der Waals surface area contributed by atoms with E-state index in [0.29, 0.717) is 63.7 Å². The zero-order valence-electron chi connectivity index (χ0n) is 26.1. The Hall–Kier alpha value is -4.42. The summed E-state index contributed by atoms with van der Waals surface area (Å²) in [4.78, 5) is 14.5. The summed E-state index contributed by atoms with van der Waals surface area (Å²) in [5.74, 6) is 2.22. The third-order valence-corrected chi connectivity index (χ3v) is 10.4. The largest absolute Gasteiger partial charge is 0.349 e. The molecule has 5 heterocycles. The van der Waals surface area contributed by atoms with Crippen LogP contribution in [0.4, 0.5) is 19.0 Å². The minimum absolute atomic E-state index is 0.0573. The maximum Gasteiger partial charge on any atom is 0.159 e. The average molecular weight is 621 g/mol. The predicted molar refractivity (Wildman–Crippen MR) is 176 cm³/mol. The van der Waals surface area contributed by atoms with Crippen LogP contribution in [-0.4, -0.2) is 56.4 Å². The average Bonchev–Trinajstić information content (AvgIpc) is 3.74. The number of hydrogen-bond donors (Lipinski definition) is 0. The fourth-order valence-corrected chi connectivity index (χ4v) is 8.36. The Morgan fingerprint density at radius 2 is 1.80 bits per heavy atom. The van der Waals surface area contributed by atoms with E-state index in [4.69, 9.17) is 21.5 Å². The van der Waals surface area contributed by atoms with E-state index in [0.717, 1.165) is 37.9 Å². The molecule has 0 radical (unpaired) electrons.